The second kappa shape index (κ2) is 6.79. The van der Waals surface area contributed by atoms with Gasteiger partial charge in [0.25, 0.3) is 5.69 Å². The summed E-state index contributed by atoms with van der Waals surface area (Å²) in [5, 5.41) is 18.3. The van der Waals surface area contributed by atoms with Gasteiger partial charge in [-0.15, -0.1) is 0 Å². The van der Waals surface area contributed by atoms with Crippen molar-refractivity contribution in [2.24, 2.45) is 0 Å². The molecule has 2 aromatic heterocycles. The van der Waals surface area contributed by atoms with Crippen LogP contribution in [0.1, 0.15) is 28.4 Å². The monoisotopic (exact) mass is 355 g/mol. The van der Waals surface area contributed by atoms with E-state index in [9.17, 15) is 14.9 Å². The lowest BCUT2D eigenvalue weighted by Gasteiger charge is -2.10. The molecule has 0 spiro atoms. The standard InChI is InChI=1S/C17H17N5O4/c1-4-26-17(23)13-8-21-15(11(13)3)16(18-9-19-21)20-14-7-12(22(24)25)6-5-10(14)2/h5-9H,4H2,1-3H3,(H,18,19,20). The van der Waals surface area contributed by atoms with Gasteiger partial charge in [0.15, 0.2) is 5.82 Å². The summed E-state index contributed by atoms with van der Waals surface area (Å²) in [6.07, 6.45) is 2.92. The smallest absolute Gasteiger partial charge is 0.340 e. The number of aryl methyl sites for hydroxylation is 2. The fourth-order valence-corrected chi connectivity index (χ4v) is 2.65. The average molecular weight is 355 g/mol. The highest BCUT2D eigenvalue weighted by Crippen LogP contribution is 2.29. The maximum absolute atomic E-state index is 12.1. The Balaban J connectivity index is 2.08. The van der Waals surface area contributed by atoms with E-state index in [1.54, 1.807) is 26.1 Å². The van der Waals surface area contributed by atoms with E-state index in [1.165, 1.54) is 23.0 Å². The van der Waals surface area contributed by atoms with E-state index >= 15 is 0 Å². The van der Waals surface area contributed by atoms with Gasteiger partial charge in [-0.25, -0.2) is 14.3 Å². The van der Waals surface area contributed by atoms with Crippen LogP contribution in [-0.4, -0.2) is 32.1 Å². The molecule has 0 amide bonds. The molecule has 0 atom stereocenters. The summed E-state index contributed by atoms with van der Waals surface area (Å²) in [5.41, 5.74) is 3.00. The minimum atomic E-state index is -0.457. The summed E-state index contributed by atoms with van der Waals surface area (Å²) in [5.74, 6) is 0.00428. The van der Waals surface area contributed by atoms with Crippen molar-refractivity contribution in [3.05, 3.63) is 57.5 Å². The Kier molecular flexibility index (Phi) is 4.53. The van der Waals surface area contributed by atoms with Gasteiger partial charge < -0.3 is 10.1 Å². The number of nitro benzene ring substituents is 1. The van der Waals surface area contributed by atoms with Crippen molar-refractivity contribution in [3.8, 4) is 0 Å². The third kappa shape index (κ3) is 3.06. The highest BCUT2D eigenvalue weighted by Gasteiger charge is 2.19. The maximum Gasteiger partial charge on any atom is 0.340 e. The number of ether oxygens (including phenoxy) is 1. The molecule has 3 rings (SSSR count). The number of fused-ring (bicyclic) bond motifs is 1. The molecular weight excluding hydrogens is 338 g/mol. The van der Waals surface area contributed by atoms with Gasteiger partial charge >= 0.3 is 5.97 Å². The van der Waals surface area contributed by atoms with E-state index in [1.807, 2.05) is 6.92 Å². The molecule has 26 heavy (non-hydrogen) atoms. The van der Waals surface area contributed by atoms with E-state index in [0.717, 1.165) is 5.56 Å². The zero-order valence-electron chi connectivity index (χ0n) is 14.5. The molecule has 1 N–H and O–H groups in total. The van der Waals surface area contributed by atoms with E-state index in [4.69, 9.17) is 4.74 Å². The number of hydrogen-bond donors (Lipinski definition) is 1. The van der Waals surface area contributed by atoms with Crippen LogP contribution in [0.25, 0.3) is 5.52 Å². The lowest BCUT2D eigenvalue weighted by molar-refractivity contribution is -0.384. The molecule has 9 nitrogen and oxygen atoms in total. The van der Waals surface area contributed by atoms with Crippen LogP contribution in [0.2, 0.25) is 0 Å². The number of esters is 1. The number of non-ortho nitro benzene ring substituents is 1. The number of carbonyl (C=O) groups is 1. The lowest BCUT2D eigenvalue weighted by Crippen LogP contribution is -2.04. The number of nitrogens with zero attached hydrogens (tertiary/aromatic N) is 4. The summed E-state index contributed by atoms with van der Waals surface area (Å²) < 4.78 is 6.59. The normalized spacial score (nSPS) is 10.7. The van der Waals surface area contributed by atoms with Crippen LogP contribution in [0, 0.1) is 24.0 Å². The van der Waals surface area contributed by atoms with Gasteiger partial charge in [0.1, 0.15) is 11.8 Å². The SMILES string of the molecule is CCOC(=O)c1cn2ncnc(Nc3cc([N+](=O)[O-])ccc3C)c2c1C. The molecule has 3 aromatic rings. The highest BCUT2D eigenvalue weighted by molar-refractivity contribution is 5.95. The molecule has 0 saturated heterocycles. The van der Waals surface area contributed by atoms with Crippen molar-refractivity contribution < 1.29 is 14.5 Å². The zero-order chi connectivity index (χ0) is 18.8. The largest absolute Gasteiger partial charge is 0.462 e. The number of benzene rings is 1. The Bertz CT molecular complexity index is 1010. The topological polar surface area (TPSA) is 112 Å². The Labute approximate surface area is 148 Å². The number of nitrogens with one attached hydrogen (secondary N) is 1. The van der Waals surface area contributed by atoms with Gasteiger partial charge in [-0.05, 0) is 31.9 Å². The number of nitro groups is 1. The molecule has 2 heterocycles. The molecule has 0 radical (unpaired) electrons. The highest BCUT2D eigenvalue weighted by atomic mass is 16.6. The number of anilines is 2. The fourth-order valence-electron chi connectivity index (χ4n) is 2.65. The maximum atomic E-state index is 12.1. The summed E-state index contributed by atoms with van der Waals surface area (Å²) in [7, 11) is 0. The molecule has 0 unspecified atom stereocenters. The van der Waals surface area contributed by atoms with Crippen LogP contribution in [-0.2, 0) is 4.74 Å². The van der Waals surface area contributed by atoms with Crippen LogP contribution in [0.15, 0.2) is 30.7 Å². The van der Waals surface area contributed by atoms with Crippen LogP contribution < -0.4 is 5.32 Å². The molecule has 134 valence electrons. The summed E-state index contributed by atoms with van der Waals surface area (Å²) in [6.45, 7) is 5.62. The predicted octanol–water partition coefficient (Wildman–Crippen LogP) is 3.17. The Morgan fingerprint density at radius 3 is 2.85 bits per heavy atom. The molecule has 0 fully saturated rings. The molecule has 0 aliphatic rings. The van der Waals surface area contributed by atoms with Gasteiger partial charge in [-0.1, -0.05) is 6.07 Å². The quantitative estimate of drug-likeness (QED) is 0.425. The van der Waals surface area contributed by atoms with Crippen molar-refractivity contribution in [2.45, 2.75) is 20.8 Å². The Morgan fingerprint density at radius 2 is 2.15 bits per heavy atom. The Hall–Kier alpha value is -3.49. The van der Waals surface area contributed by atoms with Crippen molar-refractivity contribution in [1.29, 1.82) is 0 Å². The minimum Gasteiger partial charge on any atom is -0.462 e. The first-order chi connectivity index (χ1) is 12.4. The van der Waals surface area contributed by atoms with Crippen LogP contribution >= 0.6 is 0 Å². The molecule has 9 heteroatoms. The first-order valence-electron chi connectivity index (χ1n) is 7.94. The van der Waals surface area contributed by atoms with E-state index in [2.05, 4.69) is 15.4 Å². The number of hydrogen-bond acceptors (Lipinski definition) is 7. The first-order valence-corrected chi connectivity index (χ1v) is 7.94. The van der Waals surface area contributed by atoms with Crippen LogP contribution in [0.3, 0.4) is 0 Å². The van der Waals surface area contributed by atoms with Crippen LogP contribution in [0.4, 0.5) is 17.2 Å². The van der Waals surface area contributed by atoms with Crippen molar-refractivity contribution in [1.82, 2.24) is 14.6 Å². The molecule has 0 saturated carbocycles. The fraction of sp³-hybridized carbons (Fsp3) is 0.235. The second-order valence-corrected chi connectivity index (χ2v) is 5.67. The number of rotatable bonds is 5. The molecular formula is C17H17N5O4. The second-order valence-electron chi connectivity index (χ2n) is 5.67. The van der Waals surface area contributed by atoms with E-state index < -0.39 is 10.9 Å². The molecule has 0 aliphatic heterocycles. The molecule has 1 aromatic carbocycles. The van der Waals surface area contributed by atoms with E-state index in [0.29, 0.717) is 28.1 Å². The minimum absolute atomic E-state index is 0.0255. The first kappa shape index (κ1) is 17.3. The zero-order valence-corrected chi connectivity index (χ0v) is 14.5. The molecule has 0 bridgehead atoms. The Morgan fingerprint density at radius 1 is 1.38 bits per heavy atom. The van der Waals surface area contributed by atoms with Gasteiger partial charge in [0.05, 0.1) is 17.1 Å². The van der Waals surface area contributed by atoms with Gasteiger partial charge in [-0.3, -0.25) is 10.1 Å². The average Bonchev–Trinajstić information content (AvgIpc) is 2.95. The number of aromatic nitrogens is 3. The summed E-state index contributed by atoms with van der Waals surface area (Å²) >= 11 is 0. The third-order valence-electron chi connectivity index (χ3n) is 4.01. The van der Waals surface area contributed by atoms with Crippen molar-refractivity contribution in [3.63, 3.8) is 0 Å². The van der Waals surface area contributed by atoms with E-state index in [-0.39, 0.29) is 12.3 Å². The van der Waals surface area contributed by atoms with Crippen molar-refractivity contribution in [2.75, 3.05) is 11.9 Å². The third-order valence-corrected chi connectivity index (χ3v) is 4.01. The van der Waals surface area contributed by atoms with Gasteiger partial charge in [0.2, 0.25) is 0 Å². The lowest BCUT2D eigenvalue weighted by atomic mass is 10.1. The van der Waals surface area contributed by atoms with Gasteiger partial charge in [0, 0.05) is 24.0 Å². The summed E-state index contributed by atoms with van der Waals surface area (Å²) in [6, 6.07) is 4.55. The van der Waals surface area contributed by atoms with Gasteiger partial charge in [-0.2, -0.15) is 5.10 Å². The van der Waals surface area contributed by atoms with Crippen LogP contribution in [0.5, 0.6) is 0 Å². The number of carbonyl (C=O) groups excluding carboxylic acids is 1. The summed E-state index contributed by atoms with van der Waals surface area (Å²) in [4.78, 5) is 26.9. The predicted molar refractivity (Wildman–Crippen MR) is 94.8 cm³/mol. The molecule has 0 aliphatic carbocycles. The van der Waals surface area contributed by atoms with Crippen molar-refractivity contribution >= 4 is 28.7 Å².